The molecular formula is C18H26N4O3S. The predicted octanol–water partition coefficient (Wildman–Crippen LogP) is 0.724. The third-order valence-electron chi connectivity index (χ3n) is 4.86. The number of carbonyl (C=O) groups is 3. The molecule has 142 valence electrons. The van der Waals surface area contributed by atoms with E-state index in [2.05, 4.69) is 20.9 Å². The van der Waals surface area contributed by atoms with Crippen molar-refractivity contribution in [2.45, 2.75) is 57.3 Å². The van der Waals surface area contributed by atoms with Crippen molar-refractivity contribution in [2.24, 2.45) is 0 Å². The summed E-state index contributed by atoms with van der Waals surface area (Å²) in [6.45, 7) is 5.08. The van der Waals surface area contributed by atoms with E-state index in [1.165, 1.54) is 11.3 Å². The lowest BCUT2D eigenvalue weighted by molar-refractivity contribution is -0.129. The Kier molecular flexibility index (Phi) is 5.93. The Hall–Kier alpha value is -1.93. The number of carbonyl (C=O) groups excluding carboxylic acids is 3. The molecule has 2 aliphatic heterocycles. The SMILES string of the molecule is CC(C)NC(=O)CC[C@@H]1CNC(=O)[C@@H]2C[C@H](NC(=O)c3cccs3)CN12. The van der Waals surface area contributed by atoms with Gasteiger partial charge in [-0.3, -0.25) is 19.3 Å². The molecule has 0 aromatic carbocycles. The summed E-state index contributed by atoms with van der Waals surface area (Å²) in [7, 11) is 0. The number of hydrogen-bond acceptors (Lipinski definition) is 5. The number of fused-ring (bicyclic) bond motifs is 1. The third-order valence-corrected chi connectivity index (χ3v) is 5.73. The number of hydrogen-bond donors (Lipinski definition) is 3. The topological polar surface area (TPSA) is 90.5 Å². The number of amides is 3. The first-order chi connectivity index (χ1) is 12.4. The molecular weight excluding hydrogens is 352 g/mol. The van der Waals surface area contributed by atoms with Gasteiger partial charge >= 0.3 is 0 Å². The maximum Gasteiger partial charge on any atom is 0.261 e. The van der Waals surface area contributed by atoms with E-state index in [0.717, 1.165) is 0 Å². The molecule has 3 atom stereocenters. The van der Waals surface area contributed by atoms with Crippen LogP contribution in [0.5, 0.6) is 0 Å². The molecule has 3 rings (SSSR count). The Balaban J connectivity index is 1.57. The first kappa shape index (κ1) is 18.8. The van der Waals surface area contributed by atoms with E-state index in [1.807, 2.05) is 25.3 Å². The summed E-state index contributed by atoms with van der Waals surface area (Å²) in [4.78, 5) is 39.3. The van der Waals surface area contributed by atoms with E-state index in [0.29, 0.717) is 37.2 Å². The quantitative estimate of drug-likeness (QED) is 0.680. The van der Waals surface area contributed by atoms with Crippen LogP contribution in [-0.4, -0.2) is 59.9 Å². The molecule has 2 saturated heterocycles. The lowest BCUT2D eigenvalue weighted by Crippen LogP contribution is -2.58. The summed E-state index contributed by atoms with van der Waals surface area (Å²) in [6, 6.07) is 3.62. The van der Waals surface area contributed by atoms with Crippen LogP contribution in [0, 0.1) is 0 Å². The smallest absolute Gasteiger partial charge is 0.261 e. The summed E-state index contributed by atoms with van der Waals surface area (Å²) in [5.74, 6) is -0.0333. The van der Waals surface area contributed by atoms with Gasteiger partial charge in [0.05, 0.1) is 10.9 Å². The highest BCUT2D eigenvalue weighted by molar-refractivity contribution is 7.12. The molecule has 0 radical (unpaired) electrons. The van der Waals surface area contributed by atoms with E-state index in [4.69, 9.17) is 0 Å². The van der Waals surface area contributed by atoms with E-state index < -0.39 is 0 Å². The summed E-state index contributed by atoms with van der Waals surface area (Å²) in [6.07, 6.45) is 1.74. The van der Waals surface area contributed by atoms with Crippen LogP contribution in [0.1, 0.15) is 42.8 Å². The van der Waals surface area contributed by atoms with Crippen molar-refractivity contribution in [2.75, 3.05) is 13.1 Å². The van der Waals surface area contributed by atoms with Gasteiger partial charge in [-0.25, -0.2) is 0 Å². The van der Waals surface area contributed by atoms with E-state index in [9.17, 15) is 14.4 Å². The van der Waals surface area contributed by atoms with Gasteiger partial charge in [-0.1, -0.05) is 6.07 Å². The maximum atomic E-state index is 12.3. The van der Waals surface area contributed by atoms with Gasteiger partial charge in [0, 0.05) is 37.6 Å². The Bertz CT molecular complexity index is 661. The van der Waals surface area contributed by atoms with E-state index >= 15 is 0 Å². The molecule has 2 aliphatic rings. The zero-order valence-corrected chi connectivity index (χ0v) is 16.0. The minimum atomic E-state index is -0.226. The fraction of sp³-hybridized carbons (Fsp3) is 0.611. The minimum Gasteiger partial charge on any atom is -0.354 e. The van der Waals surface area contributed by atoms with Crippen molar-refractivity contribution in [1.29, 1.82) is 0 Å². The summed E-state index contributed by atoms with van der Waals surface area (Å²) >= 11 is 1.41. The van der Waals surface area contributed by atoms with Crippen molar-refractivity contribution >= 4 is 29.1 Å². The first-order valence-electron chi connectivity index (χ1n) is 9.11. The second-order valence-electron chi connectivity index (χ2n) is 7.26. The van der Waals surface area contributed by atoms with Gasteiger partial charge in [0.2, 0.25) is 11.8 Å². The van der Waals surface area contributed by atoms with Gasteiger partial charge in [0.15, 0.2) is 0 Å². The van der Waals surface area contributed by atoms with Gasteiger partial charge in [-0.05, 0) is 38.1 Å². The highest BCUT2D eigenvalue weighted by atomic mass is 32.1. The van der Waals surface area contributed by atoms with Gasteiger partial charge in [-0.2, -0.15) is 0 Å². The second-order valence-corrected chi connectivity index (χ2v) is 8.20. The summed E-state index contributed by atoms with van der Waals surface area (Å²) < 4.78 is 0. The molecule has 8 heteroatoms. The monoisotopic (exact) mass is 378 g/mol. The zero-order valence-electron chi connectivity index (χ0n) is 15.2. The highest BCUT2D eigenvalue weighted by Crippen LogP contribution is 2.26. The minimum absolute atomic E-state index is 0.0146. The standard InChI is InChI=1S/C18H26N4O3S/c1-11(2)20-16(23)6-5-13-9-19-17(24)14-8-12(10-22(13)14)21-18(25)15-4-3-7-26-15/h3-4,7,11-14H,5-6,8-10H2,1-2H3,(H,19,24)(H,20,23)(H,21,25)/t12-,13+,14-/m0/s1. The fourth-order valence-corrected chi connectivity index (χ4v) is 4.33. The van der Waals surface area contributed by atoms with E-state index in [1.54, 1.807) is 6.07 Å². The Morgan fingerprint density at radius 1 is 1.42 bits per heavy atom. The van der Waals surface area contributed by atoms with Crippen LogP contribution >= 0.6 is 11.3 Å². The van der Waals surface area contributed by atoms with Crippen molar-refractivity contribution in [1.82, 2.24) is 20.9 Å². The van der Waals surface area contributed by atoms with Crippen LogP contribution in [0.15, 0.2) is 17.5 Å². The van der Waals surface area contributed by atoms with E-state index in [-0.39, 0.29) is 41.9 Å². The lowest BCUT2D eigenvalue weighted by atomic mass is 10.0. The van der Waals surface area contributed by atoms with Crippen molar-refractivity contribution in [3.05, 3.63) is 22.4 Å². The summed E-state index contributed by atoms with van der Waals surface area (Å²) in [5.41, 5.74) is 0. The molecule has 1 aromatic rings. The molecule has 1 aromatic heterocycles. The summed E-state index contributed by atoms with van der Waals surface area (Å²) in [5, 5.41) is 10.8. The molecule has 26 heavy (non-hydrogen) atoms. The molecule has 2 fully saturated rings. The van der Waals surface area contributed by atoms with Gasteiger partial charge in [0.25, 0.3) is 5.91 Å². The largest absolute Gasteiger partial charge is 0.354 e. The van der Waals surface area contributed by atoms with Crippen molar-refractivity contribution in [3.8, 4) is 0 Å². The van der Waals surface area contributed by atoms with Gasteiger partial charge in [0.1, 0.15) is 0 Å². The predicted molar refractivity (Wildman–Crippen MR) is 100.0 cm³/mol. The molecule has 3 heterocycles. The number of rotatable bonds is 6. The third kappa shape index (κ3) is 4.42. The van der Waals surface area contributed by atoms with Crippen LogP contribution in [0.2, 0.25) is 0 Å². The number of thiophene rings is 1. The average molecular weight is 378 g/mol. The van der Waals surface area contributed by atoms with Gasteiger partial charge < -0.3 is 16.0 Å². The highest BCUT2D eigenvalue weighted by Gasteiger charge is 2.43. The molecule has 0 aliphatic carbocycles. The fourth-order valence-electron chi connectivity index (χ4n) is 3.70. The molecule has 7 nitrogen and oxygen atoms in total. The Labute approximate surface area is 157 Å². The molecule has 0 saturated carbocycles. The first-order valence-corrected chi connectivity index (χ1v) is 9.99. The van der Waals surface area contributed by atoms with Crippen molar-refractivity contribution < 1.29 is 14.4 Å². The van der Waals surface area contributed by atoms with Crippen LogP contribution in [-0.2, 0) is 9.59 Å². The van der Waals surface area contributed by atoms with Crippen LogP contribution in [0.3, 0.4) is 0 Å². The Morgan fingerprint density at radius 3 is 2.92 bits per heavy atom. The Morgan fingerprint density at radius 2 is 2.23 bits per heavy atom. The maximum absolute atomic E-state index is 12.3. The molecule has 0 unspecified atom stereocenters. The average Bonchev–Trinajstić information content (AvgIpc) is 3.23. The number of nitrogens with zero attached hydrogens (tertiary/aromatic N) is 1. The molecule has 3 N–H and O–H groups in total. The van der Waals surface area contributed by atoms with Crippen LogP contribution < -0.4 is 16.0 Å². The normalized spacial score (nSPS) is 25.7. The van der Waals surface area contributed by atoms with Crippen molar-refractivity contribution in [3.63, 3.8) is 0 Å². The van der Waals surface area contributed by atoms with Crippen LogP contribution in [0.4, 0.5) is 0 Å². The number of piperazine rings is 1. The molecule has 0 bridgehead atoms. The van der Waals surface area contributed by atoms with Crippen LogP contribution in [0.25, 0.3) is 0 Å². The lowest BCUT2D eigenvalue weighted by Gasteiger charge is -2.37. The zero-order chi connectivity index (χ0) is 18.7. The molecule has 0 spiro atoms. The molecule has 3 amide bonds. The second kappa shape index (κ2) is 8.18. The van der Waals surface area contributed by atoms with Gasteiger partial charge in [-0.15, -0.1) is 11.3 Å². The number of nitrogens with one attached hydrogen (secondary N) is 3.